The molecule has 0 fully saturated rings. The molecule has 1 rings (SSSR count). The van der Waals surface area contributed by atoms with Crippen LogP contribution >= 0.6 is 0 Å². The van der Waals surface area contributed by atoms with Crippen molar-refractivity contribution >= 4 is 30.0 Å². The molecule has 0 saturated heterocycles. The van der Waals surface area contributed by atoms with E-state index in [-0.39, 0.29) is 11.7 Å². The minimum absolute atomic E-state index is 0.111. The minimum Gasteiger partial charge on any atom is -0.426 e. The van der Waals surface area contributed by atoms with Gasteiger partial charge in [0.05, 0.1) is 17.1 Å². The summed E-state index contributed by atoms with van der Waals surface area (Å²) in [5, 5.41) is 0. The van der Waals surface area contributed by atoms with Gasteiger partial charge in [-0.3, -0.25) is 4.79 Å². The van der Waals surface area contributed by atoms with Gasteiger partial charge in [-0.1, -0.05) is 13.8 Å². The van der Waals surface area contributed by atoms with E-state index in [4.69, 9.17) is 10.3 Å². The van der Waals surface area contributed by atoms with Crippen LogP contribution in [0, 0.1) is 5.92 Å². The number of sulfone groups is 2. The summed E-state index contributed by atoms with van der Waals surface area (Å²) in [5.41, 5.74) is 8.65. The molecule has 0 heterocycles. The van der Waals surface area contributed by atoms with Gasteiger partial charge in [-0.25, -0.2) is 16.8 Å². The lowest BCUT2D eigenvalue weighted by atomic mass is 10.2. The van der Waals surface area contributed by atoms with Crippen LogP contribution in [0.1, 0.15) is 13.8 Å². The molecule has 0 bridgehead atoms. The molecule has 0 aliphatic heterocycles. The lowest BCUT2D eigenvalue weighted by Crippen LogP contribution is -2.25. The maximum atomic E-state index is 12.1. The lowest BCUT2D eigenvalue weighted by molar-refractivity contribution is -0.137. The van der Waals surface area contributed by atoms with Gasteiger partial charge < -0.3 is 10.3 Å². The summed E-state index contributed by atoms with van der Waals surface area (Å²) in [5.74, 6) is -0.745. The minimum atomic E-state index is -4.50. The van der Waals surface area contributed by atoms with Crippen molar-refractivity contribution in [2.75, 3.05) is 6.26 Å². The molecule has 0 aromatic heterocycles. The fraction of sp³-hybridized carbons (Fsp3) is 0.333. The van der Waals surface area contributed by atoms with Gasteiger partial charge in [0.2, 0.25) is 0 Å². The Hall–Kier alpha value is -2.03. The van der Waals surface area contributed by atoms with E-state index in [0.717, 1.165) is 12.1 Å². The number of hydrogen-bond acceptors (Lipinski definition) is 6. The summed E-state index contributed by atoms with van der Waals surface area (Å²) < 4.78 is 50.4. The van der Waals surface area contributed by atoms with Crippen LogP contribution in [0.5, 0.6) is 5.75 Å². The Morgan fingerprint density at radius 1 is 1.14 bits per heavy atom. The van der Waals surface area contributed by atoms with E-state index < -0.39 is 34.9 Å². The number of rotatable bonds is 3. The van der Waals surface area contributed by atoms with Crippen molar-refractivity contribution in [2.45, 2.75) is 18.7 Å². The highest BCUT2D eigenvalue weighted by Crippen LogP contribution is 2.19. The van der Waals surface area contributed by atoms with Crippen molar-refractivity contribution in [3.8, 4) is 5.75 Å². The maximum Gasteiger partial charge on any atom is 0.499 e. The molecule has 0 unspecified atom stereocenters. The zero-order valence-electron chi connectivity index (χ0n) is 12.0. The van der Waals surface area contributed by atoms with Crippen LogP contribution in [0.15, 0.2) is 29.2 Å². The zero-order chi connectivity index (χ0) is 17.1. The Morgan fingerprint density at radius 2 is 1.64 bits per heavy atom. The van der Waals surface area contributed by atoms with Crippen LogP contribution in [-0.4, -0.2) is 38.2 Å². The first-order chi connectivity index (χ1) is 10.00. The molecule has 0 amide bonds. The van der Waals surface area contributed by atoms with E-state index in [1.54, 1.807) is 13.8 Å². The summed E-state index contributed by atoms with van der Waals surface area (Å²) >= 11 is 0. The molecule has 10 heteroatoms. The molecule has 1 aromatic rings. The van der Waals surface area contributed by atoms with E-state index in [2.05, 4.69) is 4.79 Å². The normalized spacial score (nSPS) is 11.8. The molecule has 8 nitrogen and oxygen atoms in total. The zero-order valence-corrected chi connectivity index (χ0v) is 13.7. The Kier molecular flexibility index (Phi) is 5.23. The van der Waals surface area contributed by atoms with E-state index in [1.165, 1.54) is 12.1 Å². The Balaban J connectivity index is 3.20. The largest absolute Gasteiger partial charge is 0.499 e. The van der Waals surface area contributed by atoms with Crippen LogP contribution in [0.3, 0.4) is 0 Å². The second-order valence-electron chi connectivity index (χ2n) is 4.69. The van der Waals surface area contributed by atoms with Crippen molar-refractivity contribution in [3.05, 3.63) is 29.8 Å². The summed E-state index contributed by atoms with van der Waals surface area (Å²) in [6, 6.07) is 4.50. The Morgan fingerprint density at radius 3 is 2.00 bits per heavy atom. The van der Waals surface area contributed by atoms with E-state index >= 15 is 0 Å². The summed E-state index contributed by atoms with van der Waals surface area (Å²) in [6.07, 6.45) is 0.610. The summed E-state index contributed by atoms with van der Waals surface area (Å²) in [6.45, 7) is 3.27. The molecule has 1 aromatic carbocycles. The Bertz CT molecular complexity index is 832. The fourth-order valence-electron chi connectivity index (χ4n) is 1.35. The van der Waals surface area contributed by atoms with Crippen molar-refractivity contribution in [3.63, 3.8) is 0 Å². The number of ether oxygens (including phenoxy) is 1. The number of hydrogen-bond donors (Lipinski definition) is 0. The first kappa shape index (κ1) is 18.0. The molecule has 120 valence electrons. The quantitative estimate of drug-likeness (QED) is 0.197. The average Bonchev–Trinajstić information content (AvgIpc) is 2.37. The predicted octanol–water partition coefficient (Wildman–Crippen LogP) is 0.652. The van der Waals surface area contributed by atoms with Crippen LogP contribution in [-0.2, 0) is 24.5 Å². The van der Waals surface area contributed by atoms with Gasteiger partial charge in [-0.15, -0.1) is 4.79 Å². The van der Waals surface area contributed by atoms with Crippen LogP contribution in [0.2, 0.25) is 0 Å². The standard InChI is InChI=1S/C12H14N2O6S2/c1-8(2)11(15)20-9-4-6-10(7-5-9)22(18,19)12(14-13)21(3,16)17/h4-8H,1-3H3. The van der Waals surface area contributed by atoms with Crippen molar-refractivity contribution in [1.29, 1.82) is 0 Å². The number of esters is 1. The lowest BCUT2D eigenvalue weighted by Gasteiger charge is -2.06. The molecule has 0 aliphatic rings. The van der Waals surface area contributed by atoms with Gasteiger partial charge in [-0.05, 0) is 24.3 Å². The number of carbonyl (C=O) groups excluding carboxylic acids is 1. The second kappa shape index (κ2) is 6.39. The molecule has 0 aliphatic carbocycles. The smallest absolute Gasteiger partial charge is 0.426 e. The molecule has 0 radical (unpaired) electrons. The third kappa shape index (κ3) is 4.00. The van der Waals surface area contributed by atoms with Gasteiger partial charge in [0.1, 0.15) is 5.75 Å². The average molecular weight is 346 g/mol. The Labute approximate surface area is 128 Å². The molecule has 0 N–H and O–H groups in total. The fourth-order valence-corrected chi connectivity index (χ4v) is 4.18. The van der Waals surface area contributed by atoms with Crippen molar-refractivity contribution in [2.24, 2.45) is 5.92 Å². The third-order valence-corrected chi connectivity index (χ3v) is 6.17. The first-order valence-electron chi connectivity index (χ1n) is 5.99. The van der Waals surface area contributed by atoms with Gasteiger partial charge in [0, 0.05) is 0 Å². The highest BCUT2D eigenvalue weighted by molar-refractivity contribution is 8.30. The van der Waals surface area contributed by atoms with Crippen molar-refractivity contribution < 1.29 is 31.2 Å². The third-order valence-electron chi connectivity index (χ3n) is 2.45. The molecule has 0 spiro atoms. The highest BCUT2D eigenvalue weighted by atomic mass is 32.3. The van der Waals surface area contributed by atoms with Crippen LogP contribution in [0.4, 0.5) is 0 Å². The monoisotopic (exact) mass is 346 g/mol. The van der Waals surface area contributed by atoms with Crippen LogP contribution < -0.4 is 4.74 Å². The second-order valence-corrected chi connectivity index (χ2v) is 8.74. The van der Waals surface area contributed by atoms with Gasteiger partial charge in [0.15, 0.2) is 0 Å². The van der Waals surface area contributed by atoms with Gasteiger partial charge in [0.25, 0.3) is 19.7 Å². The van der Waals surface area contributed by atoms with Crippen molar-refractivity contribution in [1.82, 2.24) is 0 Å². The number of carbonyl (C=O) groups is 1. The summed E-state index contributed by atoms with van der Waals surface area (Å²) in [7, 11) is -8.73. The van der Waals surface area contributed by atoms with Gasteiger partial charge in [-0.2, -0.15) is 0 Å². The number of benzene rings is 1. The topological polar surface area (TPSA) is 131 Å². The van der Waals surface area contributed by atoms with E-state index in [0.29, 0.717) is 6.26 Å². The molecule has 0 atom stereocenters. The van der Waals surface area contributed by atoms with Crippen LogP contribution in [0.25, 0.3) is 5.53 Å². The molecular formula is C12H14N2O6S2. The predicted molar refractivity (Wildman–Crippen MR) is 77.6 cm³/mol. The highest BCUT2D eigenvalue weighted by Gasteiger charge is 2.39. The summed E-state index contributed by atoms with van der Waals surface area (Å²) in [4.78, 5) is 13.4. The molecule has 0 saturated carbocycles. The molecular weight excluding hydrogens is 332 g/mol. The van der Waals surface area contributed by atoms with E-state index in [9.17, 15) is 21.6 Å². The van der Waals surface area contributed by atoms with E-state index in [1.807, 2.05) is 0 Å². The SMILES string of the molecule is CC(C)C(=O)Oc1ccc(S(=O)(=O)C(=[N+]=[N-])S(C)(=O)=O)cc1. The number of nitrogens with zero attached hydrogens (tertiary/aromatic N) is 2. The maximum absolute atomic E-state index is 12.1. The first-order valence-corrected chi connectivity index (χ1v) is 9.36. The molecule has 22 heavy (non-hydrogen) atoms. The van der Waals surface area contributed by atoms with Gasteiger partial charge >= 0.3 is 10.3 Å².